The fourth-order valence-electron chi connectivity index (χ4n) is 2.95. The summed E-state index contributed by atoms with van der Waals surface area (Å²) >= 11 is 1.29. The number of thiazole rings is 1. The van der Waals surface area contributed by atoms with Crippen molar-refractivity contribution in [2.75, 3.05) is 18.7 Å². The first kappa shape index (κ1) is 17.9. The number of ether oxygens (including phenoxy) is 1. The lowest BCUT2D eigenvalue weighted by Gasteiger charge is -2.25. The Balaban J connectivity index is 1.67. The highest BCUT2D eigenvalue weighted by Crippen LogP contribution is 2.20. The van der Waals surface area contributed by atoms with Crippen LogP contribution in [-0.2, 0) is 6.67 Å². The van der Waals surface area contributed by atoms with Crippen LogP contribution < -0.4 is 24.5 Å². The number of nitro groups is 1. The zero-order valence-corrected chi connectivity index (χ0v) is 15.8. The molecule has 0 bridgehead atoms. The van der Waals surface area contributed by atoms with Crippen molar-refractivity contribution in [3.63, 3.8) is 0 Å². The van der Waals surface area contributed by atoms with Crippen LogP contribution in [0.25, 0.3) is 6.08 Å². The Morgan fingerprint density at radius 2 is 2.04 bits per heavy atom. The lowest BCUT2D eigenvalue weighted by molar-refractivity contribution is -0.384. The Kier molecular flexibility index (Phi) is 4.66. The number of hydrogen-bond donors (Lipinski definition) is 0. The van der Waals surface area contributed by atoms with Crippen molar-refractivity contribution < 1.29 is 9.66 Å². The number of rotatable bonds is 4. The van der Waals surface area contributed by atoms with Crippen molar-refractivity contribution in [2.45, 2.75) is 6.67 Å². The smallest absolute Gasteiger partial charge is 0.271 e. The number of non-ortho nitro benzene ring substituents is 1. The van der Waals surface area contributed by atoms with Gasteiger partial charge in [-0.25, -0.2) is 4.99 Å². The highest BCUT2D eigenvalue weighted by Gasteiger charge is 2.16. The number of nitro benzene ring substituents is 1. The maximum Gasteiger partial charge on any atom is 0.271 e. The lowest BCUT2D eigenvalue weighted by atomic mass is 10.2. The third kappa shape index (κ3) is 3.39. The third-order valence-electron chi connectivity index (χ3n) is 4.39. The van der Waals surface area contributed by atoms with Gasteiger partial charge in [-0.15, -0.1) is 0 Å². The van der Waals surface area contributed by atoms with Gasteiger partial charge in [0.05, 0.1) is 16.6 Å². The van der Waals surface area contributed by atoms with Crippen LogP contribution in [0, 0.1) is 10.1 Å². The zero-order chi connectivity index (χ0) is 19.7. The highest BCUT2D eigenvalue weighted by atomic mass is 32.1. The van der Waals surface area contributed by atoms with Gasteiger partial charge in [0.15, 0.2) is 4.80 Å². The molecule has 0 saturated heterocycles. The van der Waals surface area contributed by atoms with Gasteiger partial charge >= 0.3 is 0 Å². The Bertz CT molecular complexity index is 1210. The molecule has 0 radical (unpaired) electrons. The standard InChI is InChI=1S/C19H16N4O4S/c1-27-16-7-5-14(6-8-16)21-11-20-19-22(12-21)18(24)17(28-19)10-13-3-2-4-15(9-13)23(25)26/h2-10H,11-12H2,1H3/b17-10+. The average Bonchev–Trinajstić information content (AvgIpc) is 3.03. The van der Waals surface area contributed by atoms with Crippen LogP contribution in [0.3, 0.4) is 0 Å². The molecule has 0 atom stereocenters. The Hall–Kier alpha value is -3.46. The van der Waals surface area contributed by atoms with Crippen molar-refractivity contribution in [2.24, 2.45) is 4.99 Å². The highest BCUT2D eigenvalue weighted by molar-refractivity contribution is 7.07. The van der Waals surface area contributed by atoms with E-state index < -0.39 is 4.92 Å². The molecular formula is C19H16N4O4S. The molecule has 2 heterocycles. The van der Waals surface area contributed by atoms with E-state index in [4.69, 9.17) is 4.74 Å². The van der Waals surface area contributed by atoms with E-state index in [1.165, 1.54) is 23.5 Å². The largest absolute Gasteiger partial charge is 0.497 e. The van der Waals surface area contributed by atoms with E-state index >= 15 is 0 Å². The van der Waals surface area contributed by atoms with E-state index in [-0.39, 0.29) is 11.2 Å². The Morgan fingerprint density at radius 1 is 1.25 bits per heavy atom. The van der Waals surface area contributed by atoms with E-state index in [0.29, 0.717) is 28.2 Å². The van der Waals surface area contributed by atoms with Crippen molar-refractivity contribution in [3.8, 4) is 5.75 Å². The number of benzene rings is 2. The molecule has 4 rings (SSSR count). The molecule has 1 aliphatic heterocycles. The Labute approximate surface area is 163 Å². The van der Waals surface area contributed by atoms with Gasteiger partial charge in [0, 0.05) is 17.8 Å². The molecule has 9 heteroatoms. The molecule has 0 saturated carbocycles. The summed E-state index contributed by atoms with van der Waals surface area (Å²) in [4.78, 5) is 30.4. The molecule has 0 spiro atoms. The van der Waals surface area contributed by atoms with E-state index in [1.54, 1.807) is 29.9 Å². The van der Waals surface area contributed by atoms with Gasteiger partial charge in [0.2, 0.25) is 0 Å². The molecular weight excluding hydrogens is 380 g/mol. The summed E-state index contributed by atoms with van der Waals surface area (Å²) in [6.07, 6.45) is 1.67. The number of anilines is 1. The summed E-state index contributed by atoms with van der Waals surface area (Å²) < 4.78 is 7.28. The number of methoxy groups -OCH3 is 1. The van der Waals surface area contributed by atoms with Gasteiger partial charge in [-0.05, 0) is 35.9 Å². The summed E-state index contributed by atoms with van der Waals surface area (Å²) in [5.41, 5.74) is 1.38. The molecule has 2 aromatic carbocycles. The van der Waals surface area contributed by atoms with Crippen LogP contribution >= 0.6 is 11.3 Å². The van der Waals surface area contributed by atoms with Gasteiger partial charge in [-0.3, -0.25) is 19.5 Å². The zero-order valence-electron chi connectivity index (χ0n) is 14.9. The van der Waals surface area contributed by atoms with E-state index in [9.17, 15) is 14.9 Å². The molecule has 3 aromatic rings. The van der Waals surface area contributed by atoms with Crippen molar-refractivity contribution in [1.82, 2.24) is 4.57 Å². The SMILES string of the molecule is COc1ccc(N2CN=c3s/c(=C/c4cccc([N+](=O)[O-])c4)c(=O)n3C2)cc1. The van der Waals surface area contributed by atoms with Gasteiger partial charge in [0.1, 0.15) is 19.1 Å². The van der Waals surface area contributed by atoms with Crippen molar-refractivity contribution >= 4 is 28.8 Å². The van der Waals surface area contributed by atoms with Gasteiger partial charge < -0.3 is 9.64 Å². The van der Waals surface area contributed by atoms with Crippen molar-refractivity contribution in [1.29, 1.82) is 0 Å². The second kappa shape index (κ2) is 7.28. The summed E-state index contributed by atoms with van der Waals surface area (Å²) in [5, 5.41) is 10.9. The molecule has 1 aromatic heterocycles. The maximum absolute atomic E-state index is 12.8. The van der Waals surface area contributed by atoms with Crippen LogP contribution in [0.5, 0.6) is 5.75 Å². The molecule has 142 valence electrons. The normalized spacial score (nSPS) is 13.8. The fraction of sp³-hybridized carbons (Fsp3) is 0.158. The van der Waals surface area contributed by atoms with Crippen LogP contribution in [0.1, 0.15) is 5.56 Å². The first-order valence-electron chi connectivity index (χ1n) is 8.44. The molecule has 0 unspecified atom stereocenters. The number of fused-ring (bicyclic) bond motifs is 1. The molecule has 8 nitrogen and oxygen atoms in total. The second-order valence-corrected chi connectivity index (χ2v) is 7.17. The maximum atomic E-state index is 12.8. The first-order chi connectivity index (χ1) is 13.5. The molecule has 0 N–H and O–H groups in total. The minimum atomic E-state index is -0.453. The van der Waals surface area contributed by atoms with Gasteiger partial charge in [-0.2, -0.15) is 0 Å². The second-order valence-electron chi connectivity index (χ2n) is 6.16. The predicted molar refractivity (Wildman–Crippen MR) is 106 cm³/mol. The fourth-order valence-corrected chi connectivity index (χ4v) is 3.91. The predicted octanol–water partition coefficient (Wildman–Crippen LogP) is 1.71. The number of hydrogen-bond acceptors (Lipinski definition) is 7. The molecule has 0 aliphatic carbocycles. The van der Waals surface area contributed by atoms with Gasteiger partial charge in [0.25, 0.3) is 11.2 Å². The van der Waals surface area contributed by atoms with E-state index in [2.05, 4.69) is 4.99 Å². The minimum absolute atomic E-state index is 0.00876. The summed E-state index contributed by atoms with van der Waals surface area (Å²) in [7, 11) is 1.61. The monoisotopic (exact) mass is 396 g/mol. The van der Waals surface area contributed by atoms with Crippen molar-refractivity contribution in [3.05, 3.63) is 83.9 Å². The summed E-state index contributed by atoms with van der Waals surface area (Å²) in [6.45, 7) is 0.839. The topological polar surface area (TPSA) is 90.0 Å². The molecule has 28 heavy (non-hydrogen) atoms. The van der Waals surface area contributed by atoms with Crippen LogP contribution in [0.15, 0.2) is 58.3 Å². The third-order valence-corrected chi connectivity index (χ3v) is 5.44. The lowest BCUT2D eigenvalue weighted by Crippen LogP contribution is -2.42. The molecule has 0 fully saturated rings. The minimum Gasteiger partial charge on any atom is -0.497 e. The van der Waals surface area contributed by atoms with Crippen LogP contribution in [0.2, 0.25) is 0 Å². The molecule has 0 amide bonds. The average molecular weight is 396 g/mol. The molecule has 1 aliphatic rings. The van der Waals surface area contributed by atoms with E-state index in [0.717, 1.165) is 11.4 Å². The van der Waals surface area contributed by atoms with Gasteiger partial charge in [-0.1, -0.05) is 23.5 Å². The number of nitrogens with zero attached hydrogens (tertiary/aromatic N) is 4. The summed E-state index contributed by atoms with van der Waals surface area (Å²) in [5.74, 6) is 0.764. The number of aromatic nitrogens is 1. The van der Waals surface area contributed by atoms with Crippen LogP contribution in [-0.4, -0.2) is 23.3 Å². The Morgan fingerprint density at radius 3 is 2.75 bits per heavy atom. The summed E-state index contributed by atoms with van der Waals surface area (Å²) in [6, 6.07) is 13.8. The quantitative estimate of drug-likeness (QED) is 0.495. The first-order valence-corrected chi connectivity index (χ1v) is 9.26. The van der Waals surface area contributed by atoms with Crippen LogP contribution in [0.4, 0.5) is 11.4 Å². The van der Waals surface area contributed by atoms with E-state index in [1.807, 2.05) is 29.2 Å².